The van der Waals surface area contributed by atoms with E-state index in [9.17, 15) is 0 Å². The number of para-hydroxylation sites is 2. The van der Waals surface area contributed by atoms with Gasteiger partial charge < -0.3 is 13.6 Å². The standard InChI is InChI=1S/C58H36N4O/c1-2-15-44(39-12-11-30-59-36-39)42(13-1)37-22-26-55-48(32-37)46-17-5-7-20-53(46)61(55)40-24-28-57-50(34-40)51-35-41(25-29-58(51)63-57)62-54-21-8-6-18-47(54)49-33-38(23-27-56(49)62)43-14-3-4-16-45(43)52-19-9-10-31-60-52/h1-36H. The van der Waals surface area contributed by atoms with Gasteiger partial charge in [0.25, 0.3) is 0 Å². The SMILES string of the molecule is c1ccc(-c2ccccc2-c2ccc3c(c2)c2ccccc2n3-c2ccc3oc4ccc(-n5c6ccccc6c6cc(-c7ccccc7-c7cccnc7)ccc65)cc4c3c2)nc1. The molecule has 0 saturated heterocycles. The van der Waals surface area contributed by atoms with E-state index in [1.165, 1.54) is 38.2 Å². The molecule has 5 heteroatoms. The Hall–Kier alpha value is -8.54. The van der Waals surface area contributed by atoms with E-state index in [0.29, 0.717) is 0 Å². The van der Waals surface area contributed by atoms with Crippen molar-refractivity contribution in [3.63, 3.8) is 0 Å². The van der Waals surface area contributed by atoms with Crippen LogP contribution in [-0.4, -0.2) is 19.1 Å². The highest BCUT2D eigenvalue weighted by molar-refractivity contribution is 6.13. The van der Waals surface area contributed by atoms with Gasteiger partial charge in [0.05, 0.1) is 27.8 Å². The minimum Gasteiger partial charge on any atom is -0.456 e. The molecule has 5 nitrogen and oxygen atoms in total. The van der Waals surface area contributed by atoms with Crippen molar-refractivity contribution in [3.8, 4) is 56.0 Å². The molecule has 0 saturated carbocycles. The fourth-order valence-corrected chi connectivity index (χ4v) is 9.86. The second-order valence-electron chi connectivity index (χ2n) is 16.2. The molecule has 0 N–H and O–H groups in total. The van der Waals surface area contributed by atoms with Crippen LogP contribution >= 0.6 is 0 Å². The topological polar surface area (TPSA) is 48.8 Å². The van der Waals surface area contributed by atoms with E-state index in [0.717, 1.165) is 83.3 Å². The monoisotopic (exact) mass is 804 g/mol. The van der Waals surface area contributed by atoms with Gasteiger partial charge in [-0.25, -0.2) is 0 Å². The zero-order valence-corrected chi connectivity index (χ0v) is 34.0. The number of fused-ring (bicyclic) bond motifs is 9. The Labute approximate surface area is 362 Å². The fraction of sp³-hybridized carbons (Fsp3) is 0. The van der Waals surface area contributed by atoms with Gasteiger partial charge in [0, 0.05) is 73.4 Å². The number of pyridine rings is 2. The molecule has 0 spiro atoms. The van der Waals surface area contributed by atoms with Crippen LogP contribution in [0.15, 0.2) is 223 Å². The molecule has 0 atom stereocenters. The maximum absolute atomic E-state index is 6.54. The van der Waals surface area contributed by atoms with Crippen LogP contribution in [0.1, 0.15) is 0 Å². The van der Waals surface area contributed by atoms with Crippen LogP contribution in [0.4, 0.5) is 0 Å². The average Bonchev–Trinajstić information content (AvgIpc) is 4.01. The largest absolute Gasteiger partial charge is 0.456 e. The molecular formula is C58H36N4O. The lowest BCUT2D eigenvalue weighted by atomic mass is 9.94. The minimum absolute atomic E-state index is 0.860. The molecule has 0 fully saturated rings. The first-order valence-electron chi connectivity index (χ1n) is 21.3. The lowest BCUT2D eigenvalue weighted by Gasteiger charge is -2.11. The van der Waals surface area contributed by atoms with Crippen molar-refractivity contribution in [3.05, 3.63) is 219 Å². The minimum atomic E-state index is 0.860. The molecular weight excluding hydrogens is 769 g/mol. The van der Waals surface area contributed by atoms with E-state index in [4.69, 9.17) is 4.42 Å². The van der Waals surface area contributed by atoms with E-state index < -0.39 is 0 Å². The van der Waals surface area contributed by atoms with Gasteiger partial charge in [-0.1, -0.05) is 109 Å². The third-order valence-electron chi connectivity index (χ3n) is 12.7. The van der Waals surface area contributed by atoms with Crippen LogP contribution < -0.4 is 0 Å². The number of furan rings is 1. The van der Waals surface area contributed by atoms with Gasteiger partial charge >= 0.3 is 0 Å². The molecule has 5 aromatic heterocycles. The quantitative estimate of drug-likeness (QED) is 0.168. The first-order chi connectivity index (χ1) is 31.2. The van der Waals surface area contributed by atoms with E-state index in [2.05, 4.69) is 201 Å². The average molecular weight is 805 g/mol. The highest BCUT2D eigenvalue weighted by Gasteiger charge is 2.19. The first-order valence-corrected chi connectivity index (χ1v) is 21.3. The number of rotatable bonds is 6. The molecule has 294 valence electrons. The second kappa shape index (κ2) is 14.0. The summed E-state index contributed by atoms with van der Waals surface area (Å²) in [6.45, 7) is 0. The van der Waals surface area contributed by atoms with Gasteiger partial charge in [-0.3, -0.25) is 9.97 Å². The Balaban J connectivity index is 0.952. The summed E-state index contributed by atoms with van der Waals surface area (Å²) in [5.74, 6) is 0. The molecule has 0 unspecified atom stereocenters. The normalized spacial score (nSPS) is 11.8. The van der Waals surface area contributed by atoms with E-state index in [-0.39, 0.29) is 0 Å². The lowest BCUT2D eigenvalue weighted by Crippen LogP contribution is -1.94. The Kier molecular flexibility index (Phi) is 7.84. The van der Waals surface area contributed by atoms with Crippen LogP contribution in [0.5, 0.6) is 0 Å². The molecule has 0 amide bonds. The fourth-order valence-electron chi connectivity index (χ4n) is 9.86. The number of nitrogens with zero attached hydrogens (tertiary/aromatic N) is 4. The third kappa shape index (κ3) is 5.57. The highest BCUT2D eigenvalue weighted by atomic mass is 16.3. The van der Waals surface area contributed by atoms with Gasteiger partial charge in [-0.05, 0) is 119 Å². The summed E-state index contributed by atoms with van der Waals surface area (Å²) in [7, 11) is 0. The van der Waals surface area contributed by atoms with Gasteiger partial charge in [-0.15, -0.1) is 0 Å². The van der Waals surface area contributed by atoms with Crippen LogP contribution in [0.25, 0.3) is 122 Å². The molecule has 0 radical (unpaired) electrons. The molecule has 13 aromatic rings. The van der Waals surface area contributed by atoms with Gasteiger partial charge in [0.15, 0.2) is 0 Å². The summed E-state index contributed by atoms with van der Waals surface area (Å²) in [6, 6.07) is 71.6. The third-order valence-corrected chi connectivity index (χ3v) is 12.7. The summed E-state index contributed by atoms with van der Waals surface area (Å²) < 4.78 is 11.3. The maximum Gasteiger partial charge on any atom is 0.135 e. The van der Waals surface area contributed by atoms with Crippen molar-refractivity contribution in [2.45, 2.75) is 0 Å². The number of benzene rings is 8. The Bertz CT molecular complexity index is 3660. The molecule has 5 heterocycles. The number of aromatic nitrogens is 4. The molecule has 13 rings (SSSR count). The second-order valence-corrected chi connectivity index (χ2v) is 16.2. The smallest absolute Gasteiger partial charge is 0.135 e. The van der Waals surface area contributed by atoms with Gasteiger partial charge in [0.2, 0.25) is 0 Å². The van der Waals surface area contributed by atoms with Crippen LogP contribution in [0, 0.1) is 0 Å². The summed E-state index contributed by atoms with van der Waals surface area (Å²) in [5, 5.41) is 6.98. The van der Waals surface area contributed by atoms with Gasteiger partial charge in [0.1, 0.15) is 11.2 Å². The zero-order chi connectivity index (χ0) is 41.4. The zero-order valence-electron chi connectivity index (χ0n) is 34.0. The van der Waals surface area contributed by atoms with E-state index in [1.54, 1.807) is 0 Å². The Morgan fingerprint density at radius 3 is 1.40 bits per heavy atom. The molecule has 0 aliphatic rings. The van der Waals surface area contributed by atoms with Crippen molar-refractivity contribution in [1.82, 2.24) is 19.1 Å². The predicted molar refractivity (Wildman–Crippen MR) is 260 cm³/mol. The molecule has 8 aromatic carbocycles. The van der Waals surface area contributed by atoms with Crippen molar-refractivity contribution in [1.29, 1.82) is 0 Å². The van der Waals surface area contributed by atoms with Crippen LogP contribution in [0.3, 0.4) is 0 Å². The Morgan fingerprint density at radius 2 is 0.841 bits per heavy atom. The molecule has 0 bridgehead atoms. The molecule has 0 aliphatic heterocycles. The van der Waals surface area contributed by atoms with E-state index in [1.807, 2.05) is 36.8 Å². The summed E-state index contributed by atoms with van der Waals surface area (Å²) in [6.07, 6.45) is 5.61. The molecule has 63 heavy (non-hydrogen) atoms. The van der Waals surface area contributed by atoms with Crippen LogP contribution in [0.2, 0.25) is 0 Å². The summed E-state index contributed by atoms with van der Waals surface area (Å²) >= 11 is 0. The summed E-state index contributed by atoms with van der Waals surface area (Å²) in [4.78, 5) is 9.10. The Morgan fingerprint density at radius 1 is 0.333 bits per heavy atom. The van der Waals surface area contributed by atoms with Crippen molar-refractivity contribution in [2.75, 3.05) is 0 Å². The maximum atomic E-state index is 6.54. The van der Waals surface area contributed by atoms with E-state index >= 15 is 0 Å². The van der Waals surface area contributed by atoms with Gasteiger partial charge in [-0.2, -0.15) is 0 Å². The van der Waals surface area contributed by atoms with Crippen molar-refractivity contribution < 1.29 is 4.42 Å². The van der Waals surface area contributed by atoms with Crippen LogP contribution in [-0.2, 0) is 0 Å². The first kappa shape index (κ1) is 35.2. The highest BCUT2D eigenvalue weighted by Crippen LogP contribution is 2.41. The van der Waals surface area contributed by atoms with Crippen molar-refractivity contribution in [2.24, 2.45) is 0 Å². The predicted octanol–water partition coefficient (Wildman–Crippen LogP) is 15.2. The number of hydrogen-bond donors (Lipinski definition) is 0. The molecule has 0 aliphatic carbocycles. The lowest BCUT2D eigenvalue weighted by molar-refractivity contribution is 0.669. The summed E-state index contributed by atoms with van der Waals surface area (Å²) in [5.41, 5.74) is 17.5. The number of hydrogen-bond acceptors (Lipinski definition) is 3. The van der Waals surface area contributed by atoms with Crippen molar-refractivity contribution >= 4 is 65.6 Å².